The fourth-order valence-electron chi connectivity index (χ4n) is 2.50. The minimum Gasteiger partial charge on any atom is -0.481 e. The van der Waals surface area contributed by atoms with E-state index >= 15 is 0 Å². The summed E-state index contributed by atoms with van der Waals surface area (Å²) in [6.07, 6.45) is 5.37. The van der Waals surface area contributed by atoms with Gasteiger partial charge in [0.1, 0.15) is 0 Å². The Kier molecular flexibility index (Phi) is 5.04. The third-order valence-electron chi connectivity index (χ3n) is 3.62. The molecule has 0 bridgehead atoms. The molecule has 0 unspecified atom stereocenters. The van der Waals surface area contributed by atoms with Crippen LogP contribution in [0.1, 0.15) is 59.2 Å². The maximum absolute atomic E-state index is 12.3. The van der Waals surface area contributed by atoms with E-state index in [0.717, 1.165) is 19.3 Å². The van der Waals surface area contributed by atoms with Crippen LogP contribution in [0.15, 0.2) is 35.9 Å². The highest BCUT2D eigenvalue weighted by Crippen LogP contribution is 2.24. The summed E-state index contributed by atoms with van der Waals surface area (Å²) in [5.74, 6) is -0.941. The lowest BCUT2D eigenvalue weighted by atomic mass is 9.87. The molecule has 1 aromatic rings. The zero-order valence-electron chi connectivity index (χ0n) is 11.8. The summed E-state index contributed by atoms with van der Waals surface area (Å²) in [5, 5.41) is 8.54. The van der Waals surface area contributed by atoms with Crippen molar-refractivity contribution in [2.24, 2.45) is 0 Å². The number of allylic oxidation sites excluding steroid dienone is 2. The van der Waals surface area contributed by atoms with Crippen molar-refractivity contribution in [1.29, 1.82) is 0 Å². The Bertz CT molecular complexity index is 599. The van der Waals surface area contributed by atoms with E-state index in [9.17, 15) is 14.4 Å². The standard InChI is InChI=1S/C17H18O4/c18-15-11-12(7-3-1-2-4-10-16(19)20)17(21)14-9-6-5-8-13(14)15/h5-6,8-9,11H,1-4,7,10H2,(H,19,20). The molecule has 0 heterocycles. The van der Waals surface area contributed by atoms with Crippen molar-refractivity contribution in [2.75, 3.05) is 0 Å². The monoisotopic (exact) mass is 286 g/mol. The molecule has 1 aromatic carbocycles. The summed E-state index contributed by atoms with van der Waals surface area (Å²) in [7, 11) is 0. The van der Waals surface area contributed by atoms with E-state index in [4.69, 9.17) is 5.11 Å². The molecule has 21 heavy (non-hydrogen) atoms. The SMILES string of the molecule is O=C(O)CCCCCCC1=CC(=O)c2ccccc2C1=O. The van der Waals surface area contributed by atoms with E-state index < -0.39 is 5.97 Å². The molecule has 0 fully saturated rings. The Balaban J connectivity index is 1.86. The second kappa shape index (κ2) is 6.97. The molecular formula is C17H18O4. The lowest BCUT2D eigenvalue weighted by molar-refractivity contribution is -0.137. The van der Waals surface area contributed by atoms with Gasteiger partial charge in [-0.25, -0.2) is 0 Å². The van der Waals surface area contributed by atoms with Crippen molar-refractivity contribution < 1.29 is 19.5 Å². The van der Waals surface area contributed by atoms with Gasteiger partial charge in [-0.1, -0.05) is 37.1 Å². The molecule has 0 radical (unpaired) electrons. The first-order valence-electron chi connectivity index (χ1n) is 7.20. The molecule has 0 spiro atoms. The number of unbranched alkanes of at least 4 members (excludes halogenated alkanes) is 3. The fourth-order valence-corrected chi connectivity index (χ4v) is 2.50. The minimum absolute atomic E-state index is 0.0595. The van der Waals surface area contributed by atoms with Gasteiger partial charge in [0.05, 0.1) is 0 Å². The number of fused-ring (bicyclic) bond motifs is 1. The Morgan fingerprint density at radius 1 is 0.952 bits per heavy atom. The summed E-state index contributed by atoms with van der Waals surface area (Å²) >= 11 is 0. The molecule has 1 N–H and O–H groups in total. The third-order valence-corrected chi connectivity index (χ3v) is 3.62. The highest BCUT2D eigenvalue weighted by atomic mass is 16.4. The van der Waals surface area contributed by atoms with Crippen molar-refractivity contribution >= 4 is 17.5 Å². The van der Waals surface area contributed by atoms with Crippen LogP contribution in [0.4, 0.5) is 0 Å². The Morgan fingerprint density at radius 2 is 1.62 bits per heavy atom. The lowest BCUT2D eigenvalue weighted by Gasteiger charge is -2.14. The Labute approximate surface area is 123 Å². The third kappa shape index (κ3) is 3.88. The van der Waals surface area contributed by atoms with Crippen molar-refractivity contribution in [1.82, 2.24) is 0 Å². The number of hydrogen-bond donors (Lipinski definition) is 1. The van der Waals surface area contributed by atoms with Crippen LogP contribution in [-0.2, 0) is 4.79 Å². The summed E-state index contributed by atoms with van der Waals surface area (Å²) in [4.78, 5) is 34.6. The normalized spacial score (nSPS) is 13.8. The molecule has 0 aliphatic heterocycles. The van der Waals surface area contributed by atoms with Gasteiger partial charge in [-0.05, 0) is 25.3 Å². The number of aliphatic carboxylic acids is 1. The fraction of sp³-hybridized carbons (Fsp3) is 0.353. The number of rotatable bonds is 7. The van der Waals surface area contributed by atoms with Crippen LogP contribution in [0.3, 0.4) is 0 Å². The first-order chi connectivity index (χ1) is 10.1. The summed E-state index contributed by atoms with van der Waals surface area (Å²) in [6, 6.07) is 6.88. The van der Waals surface area contributed by atoms with Crippen LogP contribution in [0, 0.1) is 0 Å². The number of carboxylic acids is 1. The smallest absolute Gasteiger partial charge is 0.303 e. The van der Waals surface area contributed by atoms with Crippen molar-refractivity contribution in [2.45, 2.75) is 38.5 Å². The predicted molar refractivity (Wildman–Crippen MR) is 78.5 cm³/mol. The lowest BCUT2D eigenvalue weighted by Crippen LogP contribution is -2.16. The van der Waals surface area contributed by atoms with Gasteiger partial charge in [0, 0.05) is 23.1 Å². The van der Waals surface area contributed by atoms with Crippen molar-refractivity contribution in [3.8, 4) is 0 Å². The van der Waals surface area contributed by atoms with Gasteiger partial charge in [0.15, 0.2) is 11.6 Å². The number of benzene rings is 1. The molecule has 1 aliphatic rings. The minimum atomic E-state index is -0.776. The van der Waals surface area contributed by atoms with E-state index in [1.807, 2.05) is 0 Å². The Morgan fingerprint density at radius 3 is 2.33 bits per heavy atom. The topological polar surface area (TPSA) is 71.4 Å². The second-order valence-corrected chi connectivity index (χ2v) is 5.22. The Hall–Kier alpha value is -2.23. The number of carbonyl (C=O) groups excluding carboxylic acids is 2. The van der Waals surface area contributed by atoms with E-state index in [0.29, 0.717) is 29.5 Å². The molecule has 0 atom stereocenters. The molecule has 4 nitrogen and oxygen atoms in total. The first-order valence-corrected chi connectivity index (χ1v) is 7.20. The predicted octanol–water partition coefficient (Wildman–Crippen LogP) is 3.42. The average molecular weight is 286 g/mol. The van der Waals surface area contributed by atoms with Crippen LogP contribution in [-0.4, -0.2) is 22.6 Å². The highest BCUT2D eigenvalue weighted by molar-refractivity contribution is 6.24. The van der Waals surface area contributed by atoms with Gasteiger partial charge >= 0.3 is 5.97 Å². The second-order valence-electron chi connectivity index (χ2n) is 5.22. The molecule has 0 aromatic heterocycles. The van der Waals surface area contributed by atoms with Gasteiger partial charge in [0.2, 0.25) is 0 Å². The van der Waals surface area contributed by atoms with Crippen LogP contribution in [0.2, 0.25) is 0 Å². The molecule has 0 amide bonds. The molecule has 1 aliphatic carbocycles. The van der Waals surface area contributed by atoms with Crippen LogP contribution >= 0.6 is 0 Å². The van der Waals surface area contributed by atoms with Crippen molar-refractivity contribution in [3.63, 3.8) is 0 Å². The van der Waals surface area contributed by atoms with Gasteiger partial charge in [-0.3, -0.25) is 14.4 Å². The van der Waals surface area contributed by atoms with E-state index in [2.05, 4.69) is 0 Å². The first kappa shape index (κ1) is 15.2. The zero-order chi connectivity index (χ0) is 15.2. The van der Waals surface area contributed by atoms with Gasteiger partial charge < -0.3 is 5.11 Å². The van der Waals surface area contributed by atoms with E-state index in [1.165, 1.54) is 6.08 Å². The number of carbonyl (C=O) groups is 3. The number of Topliss-reactive ketones (excluding diaryl/α,β-unsaturated/α-hetero) is 1. The van der Waals surface area contributed by atoms with Gasteiger partial charge in [0.25, 0.3) is 0 Å². The van der Waals surface area contributed by atoms with E-state index in [1.54, 1.807) is 24.3 Å². The van der Waals surface area contributed by atoms with Gasteiger partial charge in [-0.15, -0.1) is 0 Å². The van der Waals surface area contributed by atoms with Crippen LogP contribution < -0.4 is 0 Å². The van der Waals surface area contributed by atoms with Crippen LogP contribution in [0.5, 0.6) is 0 Å². The van der Waals surface area contributed by atoms with E-state index in [-0.39, 0.29) is 18.0 Å². The van der Waals surface area contributed by atoms with Crippen LogP contribution in [0.25, 0.3) is 0 Å². The number of carboxylic acid groups (broad SMARTS) is 1. The van der Waals surface area contributed by atoms with Gasteiger partial charge in [-0.2, -0.15) is 0 Å². The summed E-state index contributed by atoms with van der Waals surface area (Å²) in [6.45, 7) is 0. The summed E-state index contributed by atoms with van der Waals surface area (Å²) < 4.78 is 0. The molecule has 0 saturated carbocycles. The molecular weight excluding hydrogens is 268 g/mol. The highest BCUT2D eigenvalue weighted by Gasteiger charge is 2.24. The summed E-state index contributed by atoms with van der Waals surface area (Å²) in [5.41, 5.74) is 1.54. The number of ketones is 2. The number of hydrogen-bond acceptors (Lipinski definition) is 3. The largest absolute Gasteiger partial charge is 0.481 e. The molecule has 2 rings (SSSR count). The maximum Gasteiger partial charge on any atom is 0.303 e. The quantitative estimate of drug-likeness (QED) is 0.780. The maximum atomic E-state index is 12.3. The molecule has 110 valence electrons. The molecule has 0 saturated heterocycles. The average Bonchev–Trinajstić information content (AvgIpc) is 2.47. The molecule has 4 heteroatoms. The van der Waals surface area contributed by atoms with Crippen molar-refractivity contribution in [3.05, 3.63) is 47.0 Å². The zero-order valence-corrected chi connectivity index (χ0v) is 11.8.